The summed E-state index contributed by atoms with van der Waals surface area (Å²) in [6.07, 6.45) is 1.75. The van der Waals surface area contributed by atoms with Crippen LogP contribution >= 0.6 is 0 Å². The van der Waals surface area contributed by atoms with Crippen LogP contribution < -0.4 is 10.2 Å². The van der Waals surface area contributed by atoms with Gasteiger partial charge in [-0.3, -0.25) is 9.59 Å². The van der Waals surface area contributed by atoms with E-state index in [0.29, 0.717) is 13.1 Å². The number of carbonyl (C=O) groups excluding carboxylic acids is 2. The average molecular weight is 345 g/mol. The van der Waals surface area contributed by atoms with Crippen LogP contribution in [0.2, 0.25) is 0 Å². The maximum Gasteiger partial charge on any atom is 0.227 e. The summed E-state index contributed by atoms with van der Waals surface area (Å²) < 4.78 is 0. The Morgan fingerprint density at radius 3 is 2.56 bits per heavy atom. The minimum Gasteiger partial charge on any atom is -0.373 e. The highest BCUT2D eigenvalue weighted by atomic mass is 16.2. The lowest BCUT2D eigenvalue weighted by atomic mass is 9.91. The van der Waals surface area contributed by atoms with E-state index in [9.17, 15) is 9.59 Å². The molecule has 2 amide bonds. The highest BCUT2D eigenvalue weighted by molar-refractivity contribution is 5.83. The second-order valence-corrected chi connectivity index (χ2v) is 7.89. The number of amides is 2. The first-order valence-corrected chi connectivity index (χ1v) is 9.12. The number of benzene rings is 1. The highest BCUT2D eigenvalue weighted by Crippen LogP contribution is 2.23. The van der Waals surface area contributed by atoms with Crippen LogP contribution in [0.15, 0.2) is 30.3 Å². The van der Waals surface area contributed by atoms with Gasteiger partial charge in [-0.05, 0) is 25.0 Å². The molecule has 0 saturated carbocycles. The molecule has 5 heteroatoms. The Balaban J connectivity index is 1.79. The number of nitrogens with zero attached hydrogens (tertiary/aromatic N) is 2. The van der Waals surface area contributed by atoms with Crippen LogP contribution in [-0.4, -0.2) is 49.9 Å². The van der Waals surface area contributed by atoms with Crippen molar-refractivity contribution in [1.29, 1.82) is 0 Å². The van der Waals surface area contributed by atoms with Crippen molar-refractivity contribution in [2.75, 3.05) is 38.1 Å². The van der Waals surface area contributed by atoms with E-state index in [-0.39, 0.29) is 17.7 Å². The van der Waals surface area contributed by atoms with Crippen molar-refractivity contribution in [3.05, 3.63) is 30.3 Å². The number of rotatable bonds is 5. The standard InChI is InChI=1S/C20H31N3O2/c1-20(2,3)19(25)23-13-8-9-16(15-23)18(24)21-12-14-22(4)17-10-6-5-7-11-17/h5-7,10-11,16H,8-9,12-15H2,1-4H3,(H,21,24)/t16-/m0/s1. The fourth-order valence-corrected chi connectivity index (χ4v) is 3.15. The van der Waals surface area contributed by atoms with Crippen molar-refractivity contribution in [3.63, 3.8) is 0 Å². The van der Waals surface area contributed by atoms with Crippen LogP contribution in [0.5, 0.6) is 0 Å². The van der Waals surface area contributed by atoms with Gasteiger partial charge in [-0.25, -0.2) is 0 Å². The third-order valence-electron chi connectivity index (χ3n) is 4.66. The van der Waals surface area contributed by atoms with Crippen molar-refractivity contribution in [1.82, 2.24) is 10.2 Å². The van der Waals surface area contributed by atoms with E-state index < -0.39 is 5.41 Å². The molecule has 1 saturated heterocycles. The van der Waals surface area contributed by atoms with Crippen molar-refractivity contribution >= 4 is 17.5 Å². The van der Waals surface area contributed by atoms with Gasteiger partial charge in [0.15, 0.2) is 0 Å². The van der Waals surface area contributed by atoms with Gasteiger partial charge >= 0.3 is 0 Å². The normalized spacial score (nSPS) is 17.9. The average Bonchev–Trinajstić information content (AvgIpc) is 2.61. The number of hydrogen-bond acceptors (Lipinski definition) is 3. The zero-order valence-corrected chi connectivity index (χ0v) is 15.9. The van der Waals surface area contributed by atoms with Gasteiger partial charge < -0.3 is 15.1 Å². The first-order valence-electron chi connectivity index (χ1n) is 9.12. The van der Waals surface area contributed by atoms with Crippen LogP contribution in [0.3, 0.4) is 0 Å². The topological polar surface area (TPSA) is 52.7 Å². The zero-order chi connectivity index (χ0) is 18.4. The lowest BCUT2D eigenvalue weighted by molar-refractivity contribution is -0.142. The molecule has 1 N–H and O–H groups in total. The summed E-state index contributed by atoms with van der Waals surface area (Å²) in [4.78, 5) is 28.9. The van der Waals surface area contributed by atoms with Crippen molar-refractivity contribution in [2.45, 2.75) is 33.6 Å². The number of hydrogen-bond donors (Lipinski definition) is 1. The van der Waals surface area contributed by atoms with E-state index in [1.807, 2.05) is 50.9 Å². The Morgan fingerprint density at radius 1 is 1.24 bits per heavy atom. The number of likely N-dealkylation sites (N-methyl/N-ethyl adjacent to an activating group) is 1. The molecule has 0 unspecified atom stereocenters. The van der Waals surface area contributed by atoms with Crippen LogP contribution in [0.1, 0.15) is 33.6 Å². The molecule has 1 aromatic carbocycles. The van der Waals surface area contributed by atoms with E-state index in [4.69, 9.17) is 0 Å². The molecule has 138 valence electrons. The van der Waals surface area contributed by atoms with Gasteiger partial charge in [0.05, 0.1) is 5.92 Å². The smallest absolute Gasteiger partial charge is 0.227 e. The van der Waals surface area contributed by atoms with E-state index in [2.05, 4.69) is 22.3 Å². The summed E-state index contributed by atoms with van der Waals surface area (Å²) in [5.74, 6) is 0.101. The molecule has 0 spiro atoms. The molecular formula is C20H31N3O2. The highest BCUT2D eigenvalue weighted by Gasteiger charge is 2.33. The number of para-hydroxylation sites is 1. The lowest BCUT2D eigenvalue weighted by Crippen LogP contribution is -2.49. The maximum atomic E-state index is 12.5. The first-order chi connectivity index (χ1) is 11.8. The Kier molecular flexibility index (Phi) is 6.45. The molecule has 0 radical (unpaired) electrons. The van der Waals surface area contributed by atoms with Gasteiger partial charge in [-0.1, -0.05) is 39.0 Å². The molecule has 1 aromatic rings. The molecule has 25 heavy (non-hydrogen) atoms. The predicted octanol–water partition coefficient (Wildman–Crippen LogP) is 2.52. The summed E-state index contributed by atoms with van der Waals surface area (Å²) in [6, 6.07) is 10.1. The molecule has 1 aliphatic rings. The molecule has 2 rings (SSSR count). The van der Waals surface area contributed by atoms with Gasteiger partial charge in [-0.2, -0.15) is 0 Å². The van der Waals surface area contributed by atoms with Crippen molar-refractivity contribution in [2.24, 2.45) is 11.3 Å². The first kappa shape index (κ1) is 19.3. The molecule has 5 nitrogen and oxygen atoms in total. The van der Waals surface area contributed by atoms with Crippen molar-refractivity contribution < 1.29 is 9.59 Å². The number of piperidine rings is 1. The fourth-order valence-electron chi connectivity index (χ4n) is 3.15. The zero-order valence-electron chi connectivity index (χ0n) is 15.9. The SMILES string of the molecule is CN(CCNC(=O)[C@H]1CCCN(C(=O)C(C)(C)C)C1)c1ccccc1. The summed E-state index contributed by atoms with van der Waals surface area (Å²) >= 11 is 0. The quantitative estimate of drug-likeness (QED) is 0.892. The number of carbonyl (C=O) groups is 2. The van der Waals surface area contributed by atoms with Crippen LogP contribution in [0.4, 0.5) is 5.69 Å². The van der Waals surface area contributed by atoms with Crippen LogP contribution in [-0.2, 0) is 9.59 Å². The van der Waals surface area contributed by atoms with Gasteiger partial charge in [0.25, 0.3) is 0 Å². The summed E-state index contributed by atoms with van der Waals surface area (Å²) in [7, 11) is 2.02. The van der Waals surface area contributed by atoms with Gasteiger partial charge in [0.1, 0.15) is 0 Å². The van der Waals surface area contributed by atoms with Gasteiger partial charge in [0.2, 0.25) is 11.8 Å². The number of anilines is 1. The van der Waals surface area contributed by atoms with E-state index in [1.165, 1.54) is 0 Å². The Hall–Kier alpha value is -2.04. The van der Waals surface area contributed by atoms with E-state index >= 15 is 0 Å². The van der Waals surface area contributed by atoms with Crippen LogP contribution in [0.25, 0.3) is 0 Å². The second kappa shape index (κ2) is 8.37. The van der Waals surface area contributed by atoms with E-state index in [1.54, 1.807) is 0 Å². The minimum absolute atomic E-state index is 0.0628. The fraction of sp³-hybridized carbons (Fsp3) is 0.600. The minimum atomic E-state index is -0.392. The Morgan fingerprint density at radius 2 is 1.92 bits per heavy atom. The number of likely N-dealkylation sites (tertiary alicyclic amines) is 1. The monoisotopic (exact) mass is 345 g/mol. The molecule has 0 aliphatic carbocycles. The third-order valence-corrected chi connectivity index (χ3v) is 4.66. The van der Waals surface area contributed by atoms with Gasteiger partial charge in [-0.15, -0.1) is 0 Å². The summed E-state index contributed by atoms with van der Waals surface area (Å²) in [5, 5.41) is 3.03. The van der Waals surface area contributed by atoms with Crippen LogP contribution in [0, 0.1) is 11.3 Å². The molecule has 0 bridgehead atoms. The Bertz CT molecular complexity index is 580. The summed E-state index contributed by atoms with van der Waals surface area (Å²) in [5.41, 5.74) is 0.743. The van der Waals surface area contributed by atoms with Crippen molar-refractivity contribution in [3.8, 4) is 0 Å². The largest absolute Gasteiger partial charge is 0.373 e. The maximum absolute atomic E-state index is 12.5. The second-order valence-electron chi connectivity index (χ2n) is 7.89. The lowest BCUT2D eigenvalue weighted by Gasteiger charge is -2.36. The molecular weight excluding hydrogens is 314 g/mol. The Labute approximate surface area is 151 Å². The molecule has 0 aromatic heterocycles. The number of nitrogens with one attached hydrogen (secondary N) is 1. The third kappa shape index (κ3) is 5.48. The molecule has 1 fully saturated rings. The molecule has 1 aliphatic heterocycles. The summed E-state index contributed by atoms with van der Waals surface area (Å²) in [6.45, 7) is 8.45. The van der Waals surface area contributed by atoms with Gasteiger partial charge in [0, 0.05) is 44.3 Å². The van der Waals surface area contributed by atoms with E-state index in [0.717, 1.165) is 31.6 Å². The molecule has 1 atom stereocenters. The molecule has 1 heterocycles. The predicted molar refractivity (Wildman–Crippen MR) is 101 cm³/mol.